The third kappa shape index (κ3) is 3.54. The molecule has 0 fully saturated rings. The molecule has 0 unspecified atom stereocenters. The normalized spacial score (nSPS) is 14.4. The molecule has 0 saturated carbocycles. The van der Waals surface area contributed by atoms with Gasteiger partial charge in [0.2, 0.25) is 0 Å². The molecule has 0 atom stereocenters. The van der Waals surface area contributed by atoms with Gasteiger partial charge in [0, 0.05) is 0 Å². The van der Waals surface area contributed by atoms with E-state index in [-0.39, 0.29) is 5.91 Å². The molecule has 1 aliphatic rings. The fourth-order valence-corrected chi connectivity index (χ4v) is 6.78. The second-order valence-electron chi connectivity index (χ2n) is 3.95. The number of hydrogen-bond acceptors (Lipinski definition) is 2. The first kappa shape index (κ1) is 12.6. The summed E-state index contributed by atoms with van der Waals surface area (Å²) in [6.45, 7) is 4.17. The molecule has 0 bridgehead atoms. The van der Waals surface area contributed by atoms with Gasteiger partial charge in [0.1, 0.15) is 0 Å². The van der Waals surface area contributed by atoms with Gasteiger partial charge in [-0.15, -0.1) is 0 Å². The zero-order chi connectivity index (χ0) is 11.4. The fourth-order valence-electron chi connectivity index (χ4n) is 1.49. The van der Waals surface area contributed by atoms with Crippen LogP contribution in [0.15, 0.2) is 32.0 Å². The molecule has 0 aromatic carbocycles. The van der Waals surface area contributed by atoms with E-state index >= 15 is 0 Å². The van der Waals surface area contributed by atoms with Gasteiger partial charge in [0.15, 0.2) is 0 Å². The van der Waals surface area contributed by atoms with Crippen molar-refractivity contribution in [2.24, 2.45) is 0 Å². The van der Waals surface area contributed by atoms with Crippen LogP contribution >= 0.6 is 0 Å². The first-order valence-corrected chi connectivity index (χ1v) is 10.3. The van der Waals surface area contributed by atoms with Crippen molar-refractivity contribution in [3.8, 4) is 0 Å². The van der Waals surface area contributed by atoms with Crippen LogP contribution in [0.3, 0.4) is 0 Å². The van der Waals surface area contributed by atoms with E-state index in [0.29, 0.717) is 6.54 Å². The van der Waals surface area contributed by atoms with Gasteiger partial charge >= 0.3 is 99.9 Å². The van der Waals surface area contributed by atoms with E-state index in [4.69, 9.17) is 0 Å². The number of likely N-dealkylation sites (N-methyl/N-ethyl adjacent to an activating group) is 1. The van der Waals surface area contributed by atoms with Crippen molar-refractivity contribution in [1.29, 1.82) is 0 Å². The summed E-state index contributed by atoms with van der Waals surface area (Å²) in [5.74, 6) is -0.0206. The van der Waals surface area contributed by atoms with E-state index in [1.165, 1.54) is 11.6 Å². The third-order valence-electron chi connectivity index (χ3n) is 2.46. The molecule has 1 heterocycles. The van der Waals surface area contributed by atoms with E-state index in [9.17, 15) is 4.79 Å². The summed E-state index contributed by atoms with van der Waals surface area (Å²) in [4.78, 5) is 13.0. The molecule has 0 aromatic heterocycles. The van der Waals surface area contributed by atoms with Crippen LogP contribution in [0.5, 0.6) is 0 Å². The molecular weight excluding hydrogens is 291 g/mol. The molecule has 15 heavy (non-hydrogen) atoms. The maximum absolute atomic E-state index is 11.3. The van der Waals surface area contributed by atoms with Crippen molar-refractivity contribution in [2.75, 3.05) is 27.7 Å². The van der Waals surface area contributed by atoms with Crippen LogP contribution in [0, 0.1) is 0 Å². The first-order chi connectivity index (χ1) is 7.04. The Morgan fingerprint density at radius 2 is 2.20 bits per heavy atom. The molecule has 80 valence electrons. The van der Waals surface area contributed by atoms with Gasteiger partial charge in [-0.3, -0.25) is 0 Å². The molecule has 3 nitrogen and oxygen atoms in total. The minimum atomic E-state index is -1.67. The quantitative estimate of drug-likeness (QED) is 0.716. The van der Waals surface area contributed by atoms with E-state index in [0.717, 1.165) is 0 Å². The Kier molecular flexibility index (Phi) is 4.67. The van der Waals surface area contributed by atoms with Gasteiger partial charge < -0.3 is 0 Å². The molecule has 0 N–H and O–H groups in total. The number of carbonyl (C=O) groups is 1. The van der Waals surface area contributed by atoms with Gasteiger partial charge in [-0.1, -0.05) is 0 Å². The second kappa shape index (κ2) is 5.56. The Bertz CT molecular complexity index is 321. The standard InChI is InChI=1S/C9H11NO.C2H6N.In/c1-5-8(3)7-10(4)9(11)6-2;1-3-2;/h1,3,5-6H,2,7H2,4H3;1-2H3;/q;-1;+1. The van der Waals surface area contributed by atoms with Crippen LogP contribution < -0.4 is 0 Å². The number of rotatable bonds is 4. The van der Waals surface area contributed by atoms with E-state index < -0.39 is 21.7 Å². The van der Waals surface area contributed by atoms with Crippen molar-refractivity contribution < 1.29 is 4.79 Å². The van der Waals surface area contributed by atoms with Crippen LogP contribution in [-0.2, 0) is 4.79 Å². The monoisotopic (exact) mass is 308 g/mol. The van der Waals surface area contributed by atoms with Crippen LogP contribution in [0.2, 0.25) is 0 Å². The van der Waals surface area contributed by atoms with Crippen LogP contribution in [0.4, 0.5) is 0 Å². The molecule has 0 aromatic rings. The van der Waals surface area contributed by atoms with Crippen molar-refractivity contribution >= 4 is 27.6 Å². The van der Waals surface area contributed by atoms with Gasteiger partial charge in [0.25, 0.3) is 0 Å². The summed E-state index contributed by atoms with van der Waals surface area (Å²) in [5.41, 5.74) is 1.27. The third-order valence-corrected chi connectivity index (χ3v) is 9.73. The Hall–Kier alpha value is -0.480. The van der Waals surface area contributed by atoms with Crippen molar-refractivity contribution in [3.63, 3.8) is 0 Å². The second-order valence-corrected chi connectivity index (χ2v) is 11.8. The van der Waals surface area contributed by atoms with Gasteiger partial charge in [0.05, 0.1) is 0 Å². The molecule has 0 radical (unpaired) electrons. The maximum atomic E-state index is 11.3. The Labute approximate surface area is 99.7 Å². The number of hydrogen-bond donors (Lipinski definition) is 0. The van der Waals surface area contributed by atoms with Crippen molar-refractivity contribution in [1.82, 2.24) is 7.79 Å². The zero-order valence-corrected chi connectivity index (χ0v) is 12.9. The fraction of sp³-hybridized carbons (Fsp3) is 0.364. The summed E-state index contributed by atoms with van der Waals surface area (Å²) in [5, 5.41) is 0. The summed E-state index contributed by atoms with van der Waals surface area (Å²) in [6, 6.07) is 0. The minimum absolute atomic E-state index is 0.0206. The Morgan fingerprint density at radius 1 is 1.53 bits per heavy atom. The van der Waals surface area contributed by atoms with Gasteiger partial charge in [-0.25, -0.2) is 0 Å². The molecular formula is C11H17InN2O. The summed E-state index contributed by atoms with van der Waals surface area (Å²) in [6.07, 6.45) is 3.51. The van der Waals surface area contributed by atoms with E-state index in [1.54, 1.807) is 11.9 Å². The summed E-state index contributed by atoms with van der Waals surface area (Å²) in [7, 11) is 6.06. The number of carbonyl (C=O) groups excluding carboxylic acids is 1. The predicted octanol–water partition coefficient (Wildman–Crippen LogP) is 0.758. The molecule has 1 amide bonds. The average molecular weight is 308 g/mol. The zero-order valence-electron chi connectivity index (χ0n) is 9.60. The summed E-state index contributed by atoms with van der Waals surface area (Å²) >= 11 is -1.67. The van der Waals surface area contributed by atoms with Crippen molar-refractivity contribution in [3.05, 3.63) is 32.0 Å². The van der Waals surface area contributed by atoms with Crippen molar-refractivity contribution in [2.45, 2.75) is 0 Å². The van der Waals surface area contributed by atoms with E-state index in [1.807, 2.05) is 0 Å². The SMILES string of the molecule is C=CC(=O)N(C)CC1=[CH][In]([N](C)C)[CH]=C1. The van der Waals surface area contributed by atoms with Crippen LogP contribution in [0.25, 0.3) is 0 Å². The topological polar surface area (TPSA) is 23.6 Å². The molecule has 0 saturated heterocycles. The van der Waals surface area contributed by atoms with Gasteiger partial charge in [-0.2, -0.15) is 0 Å². The predicted molar refractivity (Wildman–Crippen MR) is 64.5 cm³/mol. The van der Waals surface area contributed by atoms with Gasteiger partial charge in [-0.05, 0) is 0 Å². The number of nitrogens with zero attached hydrogens (tertiary/aromatic N) is 2. The summed E-state index contributed by atoms with van der Waals surface area (Å²) < 4.78 is 7.04. The molecule has 0 spiro atoms. The Balaban J connectivity index is 2.55. The van der Waals surface area contributed by atoms with Crippen LogP contribution in [-0.4, -0.2) is 63.1 Å². The molecule has 0 aliphatic carbocycles. The van der Waals surface area contributed by atoms with Crippen LogP contribution in [0.1, 0.15) is 0 Å². The molecule has 1 rings (SSSR count). The number of amides is 1. The van der Waals surface area contributed by atoms with E-state index in [2.05, 4.69) is 37.3 Å². The first-order valence-electron chi connectivity index (χ1n) is 4.97. The molecule has 4 heteroatoms. The molecule has 1 aliphatic heterocycles. The Morgan fingerprint density at radius 3 is 2.67 bits per heavy atom. The average Bonchev–Trinajstić information content (AvgIpc) is 2.65.